The van der Waals surface area contributed by atoms with Crippen LogP contribution in [0.25, 0.3) is 10.2 Å². The highest BCUT2D eigenvalue weighted by Crippen LogP contribution is 2.41. The van der Waals surface area contributed by atoms with Crippen molar-refractivity contribution in [1.29, 1.82) is 0 Å². The Bertz CT molecular complexity index is 1160. The van der Waals surface area contributed by atoms with E-state index >= 15 is 0 Å². The van der Waals surface area contributed by atoms with Gasteiger partial charge >= 0.3 is 0 Å². The minimum Gasteiger partial charge on any atom is -0.486 e. The second-order valence-corrected chi connectivity index (χ2v) is 10.7. The predicted octanol–water partition coefficient (Wildman–Crippen LogP) is 5.69. The molecule has 7 heteroatoms. The molecule has 5 nitrogen and oxygen atoms in total. The number of thioether (sulfide) groups is 1. The number of rotatable bonds is 5. The van der Waals surface area contributed by atoms with Crippen LogP contribution in [0.4, 0.5) is 0 Å². The van der Waals surface area contributed by atoms with Gasteiger partial charge < -0.3 is 9.47 Å². The quantitative estimate of drug-likeness (QED) is 0.281. The zero-order valence-corrected chi connectivity index (χ0v) is 19.7. The average Bonchev–Trinajstić information content (AvgIpc) is 3.14. The first kappa shape index (κ1) is 20.8. The maximum atomic E-state index is 13.0. The van der Waals surface area contributed by atoms with Crippen molar-refractivity contribution in [3.8, 4) is 11.5 Å². The minimum atomic E-state index is 0.0672. The molecular weight excluding hydrogens is 428 g/mol. The highest BCUT2D eigenvalue weighted by Gasteiger charge is 2.25. The van der Waals surface area contributed by atoms with Crippen LogP contribution < -0.4 is 9.47 Å². The Kier molecular flexibility index (Phi) is 5.65. The molecule has 0 amide bonds. The number of carbonyl (C=O) groups excluding carboxylic acids is 1. The lowest BCUT2D eigenvalue weighted by molar-refractivity contribution is 0.102. The van der Waals surface area contributed by atoms with E-state index in [-0.39, 0.29) is 11.7 Å². The number of carbonyl (C=O) groups is 1. The lowest BCUT2D eigenvalue weighted by Crippen LogP contribution is -2.16. The van der Waals surface area contributed by atoms with E-state index in [1.165, 1.54) is 34.0 Å². The summed E-state index contributed by atoms with van der Waals surface area (Å²) in [5, 5.41) is 2.13. The van der Waals surface area contributed by atoms with Gasteiger partial charge in [-0.15, -0.1) is 11.3 Å². The van der Waals surface area contributed by atoms with Gasteiger partial charge in [-0.2, -0.15) is 0 Å². The molecule has 0 spiro atoms. The Hall–Kier alpha value is -2.12. The Balaban J connectivity index is 1.44. The van der Waals surface area contributed by atoms with Gasteiger partial charge in [0.05, 0.1) is 5.75 Å². The molecule has 0 fully saturated rings. The van der Waals surface area contributed by atoms with Crippen molar-refractivity contribution in [2.24, 2.45) is 5.92 Å². The predicted molar refractivity (Wildman–Crippen MR) is 125 cm³/mol. The van der Waals surface area contributed by atoms with Gasteiger partial charge in [0.25, 0.3) is 0 Å². The molecule has 1 aliphatic heterocycles. The molecule has 1 aromatic carbocycles. The van der Waals surface area contributed by atoms with Crippen LogP contribution in [0.15, 0.2) is 23.2 Å². The molecule has 2 aliphatic rings. The molecular formula is C24H26N2O3S2. The van der Waals surface area contributed by atoms with Crippen molar-refractivity contribution in [2.75, 3.05) is 19.0 Å². The number of ketones is 1. The van der Waals surface area contributed by atoms with Gasteiger partial charge in [0.2, 0.25) is 0 Å². The van der Waals surface area contributed by atoms with Crippen LogP contribution in [0.2, 0.25) is 0 Å². The molecule has 5 rings (SSSR count). The summed E-state index contributed by atoms with van der Waals surface area (Å²) in [5.41, 5.74) is 2.05. The summed E-state index contributed by atoms with van der Waals surface area (Å²) < 4.78 is 11.2. The van der Waals surface area contributed by atoms with E-state index in [0.29, 0.717) is 41.9 Å². The average molecular weight is 455 g/mol. The van der Waals surface area contributed by atoms with Crippen LogP contribution in [-0.2, 0) is 12.8 Å². The molecule has 1 aliphatic carbocycles. The first-order valence-electron chi connectivity index (χ1n) is 10.9. The lowest BCUT2D eigenvalue weighted by Gasteiger charge is -2.19. The number of aromatic nitrogens is 2. The molecule has 1 unspecified atom stereocenters. The molecule has 0 N–H and O–H groups in total. The first-order valence-corrected chi connectivity index (χ1v) is 12.7. The fourth-order valence-electron chi connectivity index (χ4n) is 4.12. The van der Waals surface area contributed by atoms with Crippen molar-refractivity contribution in [3.05, 3.63) is 40.0 Å². The number of hydrogen-bond donors (Lipinski definition) is 0. The molecule has 3 heterocycles. The third-order valence-electron chi connectivity index (χ3n) is 5.86. The maximum Gasteiger partial charge on any atom is 0.173 e. The van der Waals surface area contributed by atoms with Crippen molar-refractivity contribution in [3.63, 3.8) is 0 Å². The van der Waals surface area contributed by atoms with Crippen molar-refractivity contribution >= 4 is 39.1 Å². The zero-order valence-electron chi connectivity index (χ0n) is 18.1. The Morgan fingerprint density at radius 3 is 2.84 bits per heavy atom. The number of thiophene rings is 1. The molecule has 3 aromatic rings. The Morgan fingerprint density at radius 1 is 1.23 bits per heavy atom. The normalized spacial score (nSPS) is 17.7. The van der Waals surface area contributed by atoms with Crippen LogP contribution in [-0.4, -0.2) is 34.7 Å². The standard InChI is InChI=1S/C24H26N2O3S2/c1-13(2)22-25-23(21-16-6-4-14(3)10-20(16)31-24(21)26-22)30-12-17(27)15-5-7-18-19(11-15)29-9-8-28-18/h5,7,11,13-14H,4,6,8-10,12H2,1-3H3. The third kappa shape index (κ3) is 4.05. The van der Waals surface area contributed by atoms with Gasteiger partial charge in [-0.3, -0.25) is 4.79 Å². The molecule has 0 saturated heterocycles. The topological polar surface area (TPSA) is 61.3 Å². The summed E-state index contributed by atoms with van der Waals surface area (Å²) in [6.45, 7) is 7.61. The van der Waals surface area contributed by atoms with Crippen molar-refractivity contribution < 1.29 is 14.3 Å². The van der Waals surface area contributed by atoms with Gasteiger partial charge in [0, 0.05) is 21.7 Å². The number of benzene rings is 1. The van der Waals surface area contributed by atoms with E-state index in [2.05, 4.69) is 20.8 Å². The number of aryl methyl sites for hydroxylation is 1. The van der Waals surface area contributed by atoms with E-state index in [4.69, 9.17) is 19.4 Å². The summed E-state index contributed by atoms with van der Waals surface area (Å²) >= 11 is 3.35. The van der Waals surface area contributed by atoms with Crippen LogP contribution in [0.5, 0.6) is 11.5 Å². The summed E-state index contributed by atoms with van der Waals surface area (Å²) in [5.74, 6) is 3.57. The molecule has 162 valence electrons. The van der Waals surface area contributed by atoms with Crippen molar-refractivity contribution in [1.82, 2.24) is 9.97 Å². The summed E-state index contributed by atoms with van der Waals surface area (Å²) in [4.78, 5) is 25.3. The van der Waals surface area contributed by atoms with Crippen LogP contribution >= 0.6 is 23.1 Å². The summed E-state index contributed by atoms with van der Waals surface area (Å²) in [6, 6.07) is 5.43. The van der Waals surface area contributed by atoms with E-state index < -0.39 is 0 Å². The first-order chi connectivity index (χ1) is 15.0. The minimum absolute atomic E-state index is 0.0672. The molecule has 0 saturated carbocycles. The second kappa shape index (κ2) is 8.43. The SMILES string of the molecule is CC1CCc2c(sc3nc(C(C)C)nc(SCC(=O)c4ccc5c(c4)OCCO5)c23)C1. The van der Waals surface area contributed by atoms with Gasteiger partial charge in [-0.1, -0.05) is 32.5 Å². The third-order valence-corrected chi connectivity index (χ3v) is 7.98. The highest BCUT2D eigenvalue weighted by molar-refractivity contribution is 8.00. The number of nitrogens with zero attached hydrogens (tertiary/aromatic N) is 2. The number of ether oxygens (including phenoxy) is 2. The van der Waals surface area contributed by atoms with Crippen LogP contribution in [0.3, 0.4) is 0 Å². The van der Waals surface area contributed by atoms with Gasteiger partial charge in [-0.25, -0.2) is 9.97 Å². The van der Waals surface area contributed by atoms with Gasteiger partial charge in [0.15, 0.2) is 17.3 Å². The fraction of sp³-hybridized carbons (Fsp3) is 0.458. The highest BCUT2D eigenvalue weighted by atomic mass is 32.2. The summed E-state index contributed by atoms with van der Waals surface area (Å²) in [6.07, 6.45) is 3.39. The van der Waals surface area contributed by atoms with Gasteiger partial charge in [-0.05, 0) is 48.9 Å². The zero-order chi connectivity index (χ0) is 21.5. The van der Waals surface area contributed by atoms with Crippen LogP contribution in [0, 0.1) is 5.92 Å². The van der Waals surface area contributed by atoms with E-state index in [1.807, 2.05) is 23.5 Å². The monoisotopic (exact) mass is 454 g/mol. The number of Topliss-reactive ketones (excluding diaryl/α,β-unsaturated/α-hetero) is 1. The molecule has 2 aromatic heterocycles. The van der Waals surface area contributed by atoms with Gasteiger partial charge in [0.1, 0.15) is 28.9 Å². The Morgan fingerprint density at radius 2 is 2.03 bits per heavy atom. The molecule has 31 heavy (non-hydrogen) atoms. The number of hydrogen-bond acceptors (Lipinski definition) is 7. The Labute approximate surface area is 190 Å². The largest absolute Gasteiger partial charge is 0.486 e. The van der Waals surface area contributed by atoms with Crippen LogP contribution in [0.1, 0.15) is 59.7 Å². The van der Waals surface area contributed by atoms with E-state index in [9.17, 15) is 4.79 Å². The second-order valence-electron chi connectivity index (χ2n) is 8.64. The number of fused-ring (bicyclic) bond motifs is 4. The molecule has 0 radical (unpaired) electrons. The fourth-order valence-corrected chi connectivity index (χ4v) is 6.53. The lowest BCUT2D eigenvalue weighted by atomic mass is 9.89. The molecule has 1 atom stereocenters. The van der Waals surface area contributed by atoms with E-state index in [1.54, 1.807) is 6.07 Å². The maximum absolute atomic E-state index is 13.0. The van der Waals surface area contributed by atoms with E-state index in [0.717, 1.165) is 28.5 Å². The molecule has 0 bridgehead atoms. The summed E-state index contributed by atoms with van der Waals surface area (Å²) in [7, 11) is 0. The van der Waals surface area contributed by atoms with Crippen molar-refractivity contribution in [2.45, 2.75) is 51.0 Å². The smallest absolute Gasteiger partial charge is 0.173 e.